The fraction of sp³-hybridized carbons (Fsp3) is 0.652. The van der Waals surface area contributed by atoms with Crippen molar-refractivity contribution in [1.82, 2.24) is 10.2 Å². The topological polar surface area (TPSA) is 58.6 Å². The largest absolute Gasteiger partial charge is 0.483 e. The number of benzene rings is 1. The first-order valence-corrected chi connectivity index (χ1v) is 10.7. The quantitative estimate of drug-likeness (QED) is 0.840. The van der Waals surface area contributed by atoms with Gasteiger partial charge in [-0.15, -0.1) is 0 Å². The number of piperidine rings is 1. The van der Waals surface area contributed by atoms with E-state index in [2.05, 4.69) is 11.4 Å². The van der Waals surface area contributed by atoms with Gasteiger partial charge in [-0.3, -0.25) is 9.59 Å². The number of nitrogens with one attached hydrogen (secondary N) is 1. The van der Waals surface area contributed by atoms with E-state index >= 15 is 0 Å². The maximum absolute atomic E-state index is 12.7. The van der Waals surface area contributed by atoms with Crippen molar-refractivity contribution in [1.29, 1.82) is 0 Å². The molecule has 3 rings (SSSR count). The number of rotatable bonds is 5. The van der Waals surface area contributed by atoms with Crippen molar-refractivity contribution in [3.05, 3.63) is 28.8 Å². The number of likely N-dealkylation sites (tertiary alicyclic amines) is 1. The van der Waals surface area contributed by atoms with Crippen molar-refractivity contribution in [2.24, 2.45) is 5.92 Å². The summed E-state index contributed by atoms with van der Waals surface area (Å²) in [4.78, 5) is 27.0. The molecule has 1 aromatic rings. The molecule has 0 spiro atoms. The molecule has 1 saturated heterocycles. The van der Waals surface area contributed by atoms with Gasteiger partial charge in [0.15, 0.2) is 6.61 Å². The molecule has 0 unspecified atom stereocenters. The lowest BCUT2D eigenvalue weighted by Gasteiger charge is -2.35. The first kappa shape index (κ1) is 20.7. The molecule has 154 valence electrons. The maximum Gasteiger partial charge on any atom is 0.258 e. The summed E-state index contributed by atoms with van der Waals surface area (Å²) in [6.45, 7) is 7.60. The molecule has 5 nitrogen and oxygen atoms in total. The summed E-state index contributed by atoms with van der Waals surface area (Å²) in [5.74, 6) is 1.28. The van der Waals surface area contributed by atoms with Gasteiger partial charge in [0.05, 0.1) is 0 Å². The Morgan fingerprint density at radius 3 is 2.32 bits per heavy atom. The highest BCUT2D eigenvalue weighted by Gasteiger charge is 2.29. The van der Waals surface area contributed by atoms with Gasteiger partial charge in [0, 0.05) is 25.0 Å². The van der Waals surface area contributed by atoms with Crippen LogP contribution in [0.25, 0.3) is 0 Å². The summed E-state index contributed by atoms with van der Waals surface area (Å²) in [7, 11) is 0. The second kappa shape index (κ2) is 9.44. The Morgan fingerprint density at radius 2 is 1.64 bits per heavy atom. The molecule has 1 heterocycles. The summed E-state index contributed by atoms with van der Waals surface area (Å²) in [5.41, 5.74) is 3.30. The van der Waals surface area contributed by atoms with Crippen LogP contribution in [0.4, 0.5) is 0 Å². The lowest BCUT2D eigenvalue weighted by molar-refractivity contribution is -0.137. The highest BCUT2D eigenvalue weighted by molar-refractivity contribution is 5.79. The van der Waals surface area contributed by atoms with Gasteiger partial charge >= 0.3 is 0 Å². The van der Waals surface area contributed by atoms with Crippen LogP contribution in [0, 0.1) is 26.7 Å². The number of carbonyl (C=O) groups excluding carboxylic acids is 2. The van der Waals surface area contributed by atoms with Crippen LogP contribution in [0.15, 0.2) is 12.1 Å². The van der Waals surface area contributed by atoms with Gasteiger partial charge in [-0.25, -0.2) is 0 Å². The standard InChI is InChI=1S/C23H34N2O3/c1-16-9-10-17(2)22(18(16)3)28-15-21(26)24-20-11-13-25(14-12-20)23(27)19-7-5-4-6-8-19/h9-10,19-20H,4-8,11-15H2,1-3H3,(H,24,26). The van der Waals surface area contributed by atoms with E-state index in [0.717, 1.165) is 61.2 Å². The third-order valence-corrected chi connectivity index (χ3v) is 6.35. The number of hydrogen-bond acceptors (Lipinski definition) is 3. The van der Waals surface area contributed by atoms with E-state index < -0.39 is 0 Å². The summed E-state index contributed by atoms with van der Waals surface area (Å²) in [6, 6.07) is 4.22. The van der Waals surface area contributed by atoms with E-state index in [1.54, 1.807) is 0 Å². The van der Waals surface area contributed by atoms with Crippen LogP contribution in [0.5, 0.6) is 5.75 Å². The Kier molecular flexibility index (Phi) is 6.97. The molecule has 0 atom stereocenters. The normalized spacial score (nSPS) is 18.8. The van der Waals surface area contributed by atoms with Crippen LogP contribution >= 0.6 is 0 Å². The van der Waals surface area contributed by atoms with E-state index in [9.17, 15) is 9.59 Å². The van der Waals surface area contributed by atoms with E-state index in [0.29, 0.717) is 5.91 Å². The molecule has 28 heavy (non-hydrogen) atoms. The number of carbonyl (C=O) groups is 2. The summed E-state index contributed by atoms with van der Waals surface area (Å²) < 4.78 is 5.81. The van der Waals surface area contributed by atoms with Crippen LogP contribution in [0.3, 0.4) is 0 Å². The van der Waals surface area contributed by atoms with Gasteiger partial charge in [0.2, 0.25) is 5.91 Å². The van der Waals surface area contributed by atoms with Gasteiger partial charge < -0.3 is 15.0 Å². The molecule has 0 aromatic heterocycles. The minimum absolute atomic E-state index is 0.0341. The minimum Gasteiger partial charge on any atom is -0.483 e. The molecule has 2 amide bonds. The monoisotopic (exact) mass is 386 g/mol. The van der Waals surface area contributed by atoms with Gasteiger partial charge in [-0.2, -0.15) is 0 Å². The lowest BCUT2D eigenvalue weighted by Crippen LogP contribution is -2.49. The fourth-order valence-corrected chi connectivity index (χ4v) is 4.41. The second-order valence-electron chi connectivity index (χ2n) is 8.44. The lowest BCUT2D eigenvalue weighted by atomic mass is 9.87. The molecule has 2 aliphatic rings. The smallest absolute Gasteiger partial charge is 0.258 e. The van der Waals surface area contributed by atoms with Crippen LogP contribution in [0.2, 0.25) is 0 Å². The van der Waals surface area contributed by atoms with Gasteiger partial charge in [0.1, 0.15) is 5.75 Å². The van der Waals surface area contributed by atoms with Crippen molar-refractivity contribution < 1.29 is 14.3 Å². The molecule has 5 heteroatoms. The summed E-state index contributed by atoms with van der Waals surface area (Å²) >= 11 is 0. The fourth-order valence-electron chi connectivity index (χ4n) is 4.41. The molecule has 1 aromatic carbocycles. The average molecular weight is 387 g/mol. The molecular formula is C23H34N2O3. The maximum atomic E-state index is 12.7. The molecule has 1 aliphatic heterocycles. The second-order valence-corrected chi connectivity index (χ2v) is 8.44. The third kappa shape index (κ3) is 5.06. The average Bonchev–Trinajstić information content (AvgIpc) is 2.71. The van der Waals surface area contributed by atoms with Gasteiger partial charge in [0.25, 0.3) is 5.91 Å². The number of aryl methyl sites for hydroxylation is 2. The summed E-state index contributed by atoms with van der Waals surface area (Å²) in [5, 5.41) is 3.08. The zero-order valence-electron chi connectivity index (χ0n) is 17.6. The minimum atomic E-state index is -0.0858. The zero-order valence-corrected chi connectivity index (χ0v) is 17.6. The van der Waals surface area contributed by atoms with Crippen LogP contribution in [-0.2, 0) is 9.59 Å². The molecule has 1 saturated carbocycles. The molecule has 0 bridgehead atoms. The van der Waals surface area contributed by atoms with Crippen molar-refractivity contribution >= 4 is 11.8 Å². The number of ether oxygens (including phenoxy) is 1. The number of nitrogens with zero attached hydrogens (tertiary/aromatic N) is 1. The number of amides is 2. The summed E-state index contributed by atoms with van der Waals surface area (Å²) in [6.07, 6.45) is 7.38. The van der Waals surface area contributed by atoms with Crippen LogP contribution in [0.1, 0.15) is 61.6 Å². The Balaban J connectivity index is 1.43. The molecule has 1 N–H and O–H groups in total. The predicted molar refractivity (Wildman–Crippen MR) is 110 cm³/mol. The predicted octanol–water partition coefficient (Wildman–Crippen LogP) is 3.68. The van der Waals surface area contributed by atoms with Crippen molar-refractivity contribution in [3.8, 4) is 5.75 Å². The Bertz CT molecular complexity index is 702. The third-order valence-electron chi connectivity index (χ3n) is 6.35. The van der Waals surface area contributed by atoms with Crippen molar-refractivity contribution in [2.75, 3.05) is 19.7 Å². The van der Waals surface area contributed by atoms with E-state index in [1.165, 1.54) is 19.3 Å². The van der Waals surface area contributed by atoms with E-state index in [4.69, 9.17) is 4.74 Å². The van der Waals surface area contributed by atoms with Gasteiger partial charge in [-0.05, 0) is 63.1 Å². The Hall–Kier alpha value is -2.04. The Labute approximate surface area is 168 Å². The molecule has 2 fully saturated rings. The van der Waals surface area contributed by atoms with Crippen LogP contribution < -0.4 is 10.1 Å². The zero-order chi connectivity index (χ0) is 20.1. The van der Waals surface area contributed by atoms with E-state index in [-0.39, 0.29) is 24.5 Å². The first-order chi connectivity index (χ1) is 13.5. The highest BCUT2D eigenvalue weighted by atomic mass is 16.5. The van der Waals surface area contributed by atoms with Gasteiger partial charge in [-0.1, -0.05) is 31.4 Å². The molecule has 1 aliphatic carbocycles. The SMILES string of the molecule is Cc1ccc(C)c(OCC(=O)NC2CCN(C(=O)C3CCCCC3)CC2)c1C. The Morgan fingerprint density at radius 1 is 1.00 bits per heavy atom. The molecule has 0 radical (unpaired) electrons. The molecular weight excluding hydrogens is 352 g/mol. The van der Waals surface area contributed by atoms with E-state index in [1.807, 2.05) is 31.7 Å². The van der Waals surface area contributed by atoms with Crippen LogP contribution in [-0.4, -0.2) is 42.5 Å². The highest BCUT2D eigenvalue weighted by Crippen LogP contribution is 2.27. The number of hydrogen-bond donors (Lipinski definition) is 1. The first-order valence-electron chi connectivity index (χ1n) is 10.7. The van der Waals surface area contributed by atoms with Crippen molar-refractivity contribution in [3.63, 3.8) is 0 Å². The van der Waals surface area contributed by atoms with Crippen molar-refractivity contribution in [2.45, 2.75) is 71.8 Å².